The van der Waals surface area contributed by atoms with Gasteiger partial charge in [0.1, 0.15) is 0 Å². The molecular formula is C46H44F8N12O2. The predicted octanol–water partition coefficient (Wildman–Crippen LogP) is 9.15. The monoisotopic (exact) mass is 948 g/mol. The molecule has 6 heterocycles. The van der Waals surface area contributed by atoms with E-state index in [1.807, 2.05) is 16.7 Å². The van der Waals surface area contributed by atoms with Crippen molar-refractivity contribution in [1.82, 2.24) is 29.9 Å². The summed E-state index contributed by atoms with van der Waals surface area (Å²) in [5.74, 6) is 0.309. The molecule has 2 aromatic carbocycles. The zero-order valence-electron chi connectivity index (χ0n) is 36.6. The van der Waals surface area contributed by atoms with Crippen molar-refractivity contribution in [3.05, 3.63) is 143 Å². The Morgan fingerprint density at radius 1 is 0.647 bits per heavy atom. The molecule has 4 aromatic heterocycles. The van der Waals surface area contributed by atoms with Crippen LogP contribution < -0.4 is 20.4 Å². The lowest BCUT2D eigenvalue weighted by Crippen LogP contribution is -2.44. The van der Waals surface area contributed by atoms with Gasteiger partial charge in [0.05, 0.1) is 104 Å². The van der Waals surface area contributed by atoms with E-state index in [2.05, 4.69) is 50.5 Å². The lowest BCUT2D eigenvalue weighted by molar-refractivity contribution is -0.138. The molecule has 22 heteroatoms. The Morgan fingerprint density at radius 2 is 1.19 bits per heavy atom. The fraction of sp³-hybridized carbons (Fsp3) is 0.304. The first-order valence-corrected chi connectivity index (χ1v) is 21.1. The van der Waals surface area contributed by atoms with Crippen LogP contribution in [0.15, 0.2) is 101 Å². The largest absolute Gasteiger partial charge is 0.416 e. The maximum Gasteiger partial charge on any atom is 0.416 e. The number of hydrogen-bond acceptors (Lipinski definition) is 14. The van der Waals surface area contributed by atoms with Gasteiger partial charge in [0, 0.05) is 43.4 Å². The molecule has 1 atom stereocenters. The SMILES string of the molecule is CC1COCCN1c1nc(CN=Cc2ccc(Nc3cccc(C(F)(F)F)c3)cn2)ncc1F.Cc1nc(CN=Cc2ccc(Nc3cccc(C(F)(F)F)c3)cn2)nc(N2CCOCC2)c1F. The van der Waals surface area contributed by atoms with Crippen LogP contribution in [-0.2, 0) is 34.9 Å². The molecule has 356 valence electrons. The van der Waals surface area contributed by atoms with Gasteiger partial charge in [-0.3, -0.25) is 20.0 Å². The van der Waals surface area contributed by atoms with Crippen LogP contribution >= 0.6 is 0 Å². The summed E-state index contributed by atoms with van der Waals surface area (Å²) in [6.45, 7) is 7.50. The zero-order valence-corrected chi connectivity index (χ0v) is 36.6. The van der Waals surface area contributed by atoms with Gasteiger partial charge < -0.3 is 29.9 Å². The van der Waals surface area contributed by atoms with Crippen LogP contribution in [-0.4, -0.2) is 94.4 Å². The van der Waals surface area contributed by atoms with Gasteiger partial charge in [0.15, 0.2) is 34.9 Å². The average Bonchev–Trinajstić information content (AvgIpc) is 3.32. The van der Waals surface area contributed by atoms with Crippen molar-refractivity contribution in [1.29, 1.82) is 0 Å². The molecule has 0 bridgehead atoms. The zero-order chi connectivity index (χ0) is 48.3. The third-order valence-electron chi connectivity index (χ3n) is 10.2. The second kappa shape index (κ2) is 22.1. The van der Waals surface area contributed by atoms with Gasteiger partial charge in [0.2, 0.25) is 0 Å². The van der Waals surface area contributed by atoms with Crippen molar-refractivity contribution in [2.75, 3.05) is 66.5 Å². The number of alkyl halides is 6. The summed E-state index contributed by atoms with van der Waals surface area (Å²) >= 11 is 0. The molecule has 8 rings (SSSR count). The fourth-order valence-electron chi connectivity index (χ4n) is 6.80. The molecule has 2 N–H and O–H groups in total. The minimum absolute atomic E-state index is 0.00163. The quantitative estimate of drug-likeness (QED) is 0.0890. The number of hydrogen-bond donors (Lipinski definition) is 2. The van der Waals surface area contributed by atoms with Gasteiger partial charge >= 0.3 is 12.4 Å². The number of nitrogens with one attached hydrogen (secondary N) is 2. The van der Waals surface area contributed by atoms with E-state index >= 15 is 0 Å². The Morgan fingerprint density at radius 3 is 1.72 bits per heavy atom. The molecule has 68 heavy (non-hydrogen) atoms. The van der Waals surface area contributed by atoms with Crippen molar-refractivity contribution in [2.45, 2.75) is 45.3 Å². The van der Waals surface area contributed by atoms with Crippen LogP contribution in [0.1, 0.15) is 46.8 Å². The Bertz CT molecular complexity index is 2680. The van der Waals surface area contributed by atoms with Gasteiger partial charge in [-0.05, 0) is 74.5 Å². The summed E-state index contributed by atoms with van der Waals surface area (Å²) in [6, 6.07) is 16.6. The van der Waals surface area contributed by atoms with E-state index in [0.717, 1.165) is 30.5 Å². The Kier molecular flexibility index (Phi) is 15.8. The number of aromatic nitrogens is 6. The van der Waals surface area contributed by atoms with Crippen LogP contribution in [0.3, 0.4) is 0 Å². The minimum Gasteiger partial charge on any atom is -0.378 e. The van der Waals surface area contributed by atoms with E-state index in [1.165, 1.54) is 37.0 Å². The summed E-state index contributed by atoms with van der Waals surface area (Å²) in [6.07, 6.45) is -1.63. The van der Waals surface area contributed by atoms with Crippen molar-refractivity contribution in [2.24, 2.45) is 9.98 Å². The van der Waals surface area contributed by atoms with Gasteiger partial charge in [-0.2, -0.15) is 26.3 Å². The van der Waals surface area contributed by atoms with E-state index in [1.54, 1.807) is 43.3 Å². The van der Waals surface area contributed by atoms with E-state index in [-0.39, 0.29) is 36.5 Å². The molecule has 0 amide bonds. The van der Waals surface area contributed by atoms with Crippen LogP contribution in [0.2, 0.25) is 0 Å². The molecule has 0 saturated carbocycles. The maximum absolute atomic E-state index is 14.5. The van der Waals surface area contributed by atoms with Crippen LogP contribution in [0.5, 0.6) is 0 Å². The Labute approximate surface area is 385 Å². The summed E-state index contributed by atoms with van der Waals surface area (Å²) in [5.41, 5.74) is 1.54. The first kappa shape index (κ1) is 48.7. The Hall–Kier alpha value is -7.20. The molecule has 1 unspecified atom stereocenters. The molecule has 14 nitrogen and oxygen atoms in total. The number of benzene rings is 2. The summed E-state index contributed by atoms with van der Waals surface area (Å²) in [4.78, 5) is 37.6. The van der Waals surface area contributed by atoms with Gasteiger partial charge in [-0.25, -0.2) is 28.7 Å². The lowest BCUT2D eigenvalue weighted by Gasteiger charge is -2.34. The molecular weight excluding hydrogens is 905 g/mol. The van der Waals surface area contributed by atoms with Crippen molar-refractivity contribution in [3.63, 3.8) is 0 Å². The van der Waals surface area contributed by atoms with Crippen molar-refractivity contribution >= 4 is 46.8 Å². The number of anilines is 6. The topological polar surface area (TPSA) is 151 Å². The first-order chi connectivity index (χ1) is 32.6. The van der Waals surface area contributed by atoms with Crippen LogP contribution in [0.25, 0.3) is 0 Å². The smallest absolute Gasteiger partial charge is 0.378 e. The number of morpholine rings is 2. The van der Waals surface area contributed by atoms with Crippen molar-refractivity contribution < 1.29 is 44.6 Å². The van der Waals surface area contributed by atoms with Gasteiger partial charge in [0.25, 0.3) is 0 Å². The third-order valence-corrected chi connectivity index (χ3v) is 10.2. The maximum atomic E-state index is 14.5. The van der Waals surface area contributed by atoms with E-state index in [0.29, 0.717) is 91.8 Å². The lowest BCUT2D eigenvalue weighted by atomic mass is 10.2. The number of aliphatic imine (C=N–C) groups is 2. The number of pyridine rings is 2. The van der Waals surface area contributed by atoms with Crippen LogP contribution in [0.4, 0.5) is 69.5 Å². The molecule has 0 spiro atoms. The molecule has 2 fully saturated rings. The number of nitrogens with zero attached hydrogens (tertiary/aromatic N) is 10. The summed E-state index contributed by atoms with van der Waals surface area (Å²) < 4.78 is 117. The molecule has 6 aromatic rings. The normalized spacial score (nSPS) is 15.6. The first-order valence-electron chi connectivity index (χ1n) is 21.1. The predicted molar refractivity (Wildman–Crippen MR) is 240 cm³/mol. The Balaban J connectivity index is 0.000000201. The molecule has 2 aliphatic heterocycles. The highest BCUT2D eigenvalue weighted by molar-refractivity contribution is 5.78. The highest BCUT2D eigenvalue weighted by atomic mass is 19.4. The second-order valence-corrected chi connectivity index (χ2v) is 15.3. The fourth-order valence-corrected chi connectivity index (χ4v) is 6.80. The molecule has 2 aliphatic rings. The standard InChI is InChI=1S/2C23H22F4N6O/c1-15-21(24)22(33-7-9-34-10-8-33)32-20(30-15)14-28-12-18-5-6-19(13-29-18)31-17-4-2-3-16(11-17)23(25,26)27;1-15-14-34-8-7-33(15)22-20(24)12-30-21(32-22)13-28-10-18-5-6-19(11-29-18)31-17-4-2-3-16(9-17)23(25,26)27/h2-6,11-13,31H,7-10,14H2,1H3;2-6,9-12,15,31H,7-8,13-14H2,1H3. The average molecular weight is 949 g/mol. The highest BCUT2D eigenvalue weighted by Crippen LogP contribution is 2.33. The third kappa shape index (κ3) is 13.5. The van der Waals surface area contributed by atoms with Gasteiger partial charge in [-0.1, -0.05) is 12.1 Å². The van der Waals surface area contributed by atoms with Gasteiger partial charge in [-0.15, -0.1) is 0 Å². The number of rotatable bonds is 12. The number of halogens is 8. The van der Waals surface area contributed by atoms with Crippen LogP contribution in [0, 0.1) is 18.6 Å². The minimum atomic E-state index is -4.41. The van der Waals surface area contributed by atoms with E-state index < -0.39 is 35.1 Å². The summed E-state index contributed by atoms with van der Waals surface area (Å²) in [7, 11) is 0. The number of aryl methyl sites for hydroxylation is 1. The summed E-state index contributed by atoms with van der Waals surface area (Å²) in [5, 5.41) is 5.79. The van der Waals surface area contributed by atoms with Crippen molar-refractivity contribution in [3.8, 4) is 0 Å². The van der Waals surface area contributed by atoms with E-state index in [4.69, 9.17) is 9.47 Å². The molecule has 2 saturated heterocycles. The highest BCUT2D eigenvalue weighted by Gasteiger charge is 2.31. The molecule has 0 aliphatic carbocycles. The van der Waals surface area contributed by atoms with E-state index in [9.17, 15) is 35.1 Å². The molecule has 0 radical (unpaired) electrons. The second-order valence-electron chi connectivity index (χ2n) is 15.3. The number of ether oxygens (including phenoxy) is 2.